The number of hydrogen-bond donors (Lipinski definition) is 2. The fourth-order valence-corrected chi connectivity index (χ4v) is 1.77. The Balaban J connectivity index is 1.92. The molecule has 2 N–H and O–H groups in total. The minimum absolute atomic E-state index is 0.0103. The van der Waals surface area contributed by atoms with Crippen LogP contribution in [0.2, 0.25) is 0 Å². The molecule has 0 atom stereocenters. The van der Waals surface area contributed by atoms with Crippen LogP contribution in [0.3, 0.4) is 0 Å². The molecule has 1 saturated carbocycles. The van der Waals surface area contributed by atoms with E-state index < -0.39 is 5.41 Å². The maximum Gasteiger partial charge on any atom is 0.233 e. The van der Waals surface area contributed by atoms with Gasteiger partial charge in [-0.3, -0.25) is 9.89 Å². The second-order valence-corrected chi connectivity index (χ2v) is 4.97. The molecule has 1 amide bonds. The van der Waals surface area contributed by atoms with Gasteiger partial charge in [0.2, 0.25) is 5.91 Å². The lowest BCUT2D eigenvalue weighted by Gasteiger charge is -2.28. The number of hydrogen-bond acceptors (Lipinski definition) is 3. The van der Waals surface area contributed by atoms with Crippen LogP contribution in [0.15, 0.2) is 6.33 Å². The summed E-state index contributed by atoms with van der Waals surface area (Å²) in [7, 11) is 0. The summed E-state index contributed by atoms with van der Waals surface area (Å²) < 4.78 is 0. The summed E-state index contributed by atoms with van der Waals surface area (Å²) in [6, 6.07) is 0. The number of nitrogens with zero attached hydrogens (tertiary/aromatic N) is 2. The van der Waals surface area contributed by atoms with E-state index in [9.17, 15) is 4.79 Å². The summed E-state index contributed by atoms with van der Waals surface area (Å²) in [6.07, 6.45) is 5.20. The molecule has 5 nitrogen and oxygen atoms in total. The Kier molecular flexibility index (Phi) is 2.94. The molecule has 16 heavy (non-hydrogen) atoms. The van der Waals surface area contributed by atoms with E-state index in [2.05, 4.69) is 20.5 Å². The number of amides is 1. The molecule has 0 saturated heterocycles. The van der Waals surface area contributed by atoms with Gasteiger partial charge in [-0.05, 0) is 32.6 Å². The number of carbonyl (C=O) groups is 1. The molecular formula is C11H18N4O. The highest BCUT2D eigenvalue weighted by Crippen LogP contribution is 2.26. The van der Waals surface area contributed by atoms with Crippen molar-refractivity contribution in [2.24, 2.45) is 5.92 Å². The molecule has 1 aromatic heterocycles. The largest absolute Gasteiger partial charge is 0.355 e. The molecule has 0 bridgehead atoms. The monoisotopic (exact) mass is 222 g/mol. The topological polar surface area (TPSA) is 70.7 Å². The molecule has 1 heterocycles. The lowest BCUT2D eigenvalue weighted by Crippen LogP contribution is -2.43. The van der Waals surface area contributed by atoms with Gasteiger partial charge in [-0.15, -0.1) is 0 Å². The third kappa shape index (κ3) is 2.08. The quantitative estimate of drug-likeness (QED) is 0.798. The van der Waals surface area contributed by atoms with Gasteiger partial charge in [-0.2, -0.15) is 5.10 Å². The van der Waals surface area contributed by atoms with Crippen LogP contribution in [0.5, 0.6) is 0 Å². The zero-order valence-corrected chi connectivity index (χ0v) is 9.79. The van der Waals surface area contributed by atoms with E-state index in [0.717, 1.165) is 6.54 Å². The van der Waals surface area contributed by atoms with Crippen molar-refractivity contribution < 1.29 is 4.79 Å². The Labute approximate surface area is 95.0 Å². The molecule has 88 valence electrons. The molecule has 0 radical (unpaired) electrons. The summed E-state index contributed by atoms with van der Waals surface area (Å²) in [4.78, 5) is 16.1. The van der Waals surface area contributed by atoms with E-state index in [1.807, 2.05) is 13.8 Å². The van der Waals surface area contributed by atoms with Gasteiger partial charge in [-0.1, -0.05) is 6.42 Å². The summed E-state index contributed by atoms with van der Waals surface area (Å²) >= 11 is 0. The molecule has 0 unspecified atom stereocenters. The number of carbonyl (C=O) groups excluding carboxylic acids is 1. The van der Waals surface area contributed by atoms with Gasteiger partial charge in [0, 0.05) is 6.54 Å². The van der Waals surface area contributed by atoms with Crippen LogP contribution in [-0.4, -0.2) is 27.6 Å². The predicted molar refractivity (Wildman–Crippen MR) is 59.8 cm³/mol. The Hall–Kier alpha value is -1.39. The Morgan fingerprint density at radius 3 is 2.88 bits per heavy atom. The number of rotatable bonds is 4. The fraction of sp³-hybridized carbons (Fsp3) is 0.727. The van der Waals surface area contributed by atoms with Gasteiger partial charge in [-0.25, -0.2) is 4.98 Å². The SMILES string of the molecule is CC(C)(C(=O)NCC1CCC1)c1ncn[nH]1. The van der Waals surface area contributed by atoms with E-state index in [0.29, 0.717) is 11.7 Å². The summed E-state index contributed by atoms with van der Waals surface area (Å²) in [5.41, 5.74) is -0.639. The first kappa shape index (κ1) is 11.1. The molecule has 2 rings (SSSR count). The lowest BCUT2D eigenvalue weighted by atomic mass is 9.85. The third-order valence-electron chi connectivity index (χ3n) is 3.35. The Bertz CT molecular complexity index is 354. The van der Waals surface area contributed by atoms with Crippen molar-refractivity contribution in [2.75, 3.05) is 6.54 Å². The Morgan fingerprint density at radius 2 is 2.38 bits per heavy atom. The van der Waals surface area contributed by atoms with Crippen molar-refractivity contribution in [1.82, 2.24) is 20.5 Å². The second kappa shape index (κ2) is 4.23. The van der Waals surface area contributed by atoms with Crippen molar-refractivity contribution >= 4 is 5.91 Å². The minimum Gasteiger partial charge on any atom is -0.355 e. The van der Waals surface area contributed by atoms with Crippen LogP contribution in [-0.2, 0) is 10.2 Å². The first-order chi connectivity index (χ1) is 7.60. The molecule has 1 fully saturated rings. The van der Waals surface area contributed by atoms with Crippen LogP contribution < -0.4 is 5.32 Å². The van der Waals surface area contributed by atoms with Crippen molar-refractivity contribution in [3.8, 4) is 0 Å². The second-order valence-electron chi connectivity index (χ2n) is 4.97. The van der Waals surface area contributed by atoms with E-state index >= 15 is 0 Å². The first-order valence-corrected chi connectivity index (χ1v) is 5.75. The van der Waals surface area contributed by atoms with Crippen LogP contribution >= 0.6 is 0 Å². The normalized spacial score (nSPS) is 16.9. The standard InChI is InChI=1S/C11H18N4O/c1-11(2,9-13-7-14-15-9)10(16)12-6-8-4-3-5-8/h7-8H,3-6H2,1-2H3,(H,12,16)(H,13,14,15). The van der Waals surface area contributed by atoms with Gasteiger partial charge >= 0.3 is 0 Å². The average Bonchev–Trinajstić information content (AvgIpc) is 2.68. The van der Waals surface area contributed by atoms with Gasteiger partial charge in [0.05, 0.1) is 0 Å². The summed E-state index contributed by atoms with van der Waals surface area (Å²) in [5, 5.41) is 9.52. The molecule has 1 aliphatic rings. The molecule has 1 aromatic rings. The first-order valence-electron chi connectivity index (χ1n) is 5.75. The van der Waals surface area contributed by atoms with Crippen molar-refractivity contribution in [2.45, 2.75) is 38.5 Å². The summed E-state index contributed by atoms with van der Waals surface area (Å²) in [5.74, 6) is 1.30. The molecular weight excluding hydrogens is 204 g/mol. The third-order valence-corrected chi connectivity index (χ3v) is 3.35. The highest BCUT2D eigenvalue weighted by molar-refractivity contribution is 5.86. The highest BCUT2D eigenvalue weighted by Gasteiger charge is 2.33. The smallest absolute Gasteiger partial charge is 0.233 e. The molecule has 5 heteroatoms. The van der Waals surface area contributed by atoms with Crippen molar-refractivity contribution in [3.63, 3.8) is 0 Å². The van der Waals surface area contributed by atoms with Crippen LogP contribution in [0.4, 0.5) is 0 Å². The van der Waals surface area contributed by atoms with E-state index in [1.54, 1.807) is 0 Å². The maximum absolute atomic E-state index is 12.0. The highest BCUT2D eigenvalue weighted by atomic mass is 16.2. The molecule has 0 aromatic carbocycles. The molecule has 0 aliphatic heterocycles. The van der Waals surface area contributed by atoms with E-state index in [1.165, 1.54) is 25.6 Å². The van der Waals surface area contributed by atoms with Gasteiger partial charge in [0.15, 0.2) is 0 Å². The number of nitrogens with one attached hydrogen (secondary N) is 2. The van der Waals surface area contributed by atoms with E-state index in [4.69, 9.17) is 0 Å². The average molecular weight is 222 g/mol. The van der Waals surface area contributed by atoms with Crippen LogP contribution in [0.25, 0.3) is 0 Å². The number of H-pyrrole nitrogens is 1. The zero-order chi connectivity index (χ0) is 11.6. The summed E-state index contributed by atoms with van der Waals surface area (Å²) in [6.45, 7) is 4.49. The number of aromatic nitrogens is 3. The van der Waals surface area contributed by atoms with Gasteiger partial charge in [0.25, 0.3) is 0 Å². The lowest BCUT2D eigenvalue weighted by molar-refractivity contribution is -0.126. The maximum atomic E-state index is 12.0. The Morgan fingerprint density at radius 1 is 1.62 bits per heavy atom. The molecule has 0 spiro atoms. The predicted octanol–water partition coefficient (Wildman–Crippen LogP) is 0.999. The molecule has 1 aliphatic carbocycles. The van der Waals surface area contributed by atoms with Gasteiger partial charge in [0.1, 0.15) is 17.6 Å². The van der Waals surface area contributed by atoms with Gasteiger partial charge < -0.3 is 5.32 Å². The van der Waals surface area contributed by atoms with Crippen LogP contribution in [0, 0.1) is 5.92 Å². The van der Waals surface area contributed by atoms with Crippen molar-refractivity contribution in [3.05, 3.63) is 12.2 Å². The fourth-order valence-electron chi connectivity index (χ4n) is 1.77. The van der Waals surface area contributed by atoms with E-state index in [-0.39, 0.29) is 5.91 Å². The minimum atomic E-state index is -0.639. The van der Waals surface area contributed by atoms with Crippen LogP contribution in [0.1, 0.15) is 38.9 Å². The number of aromatic amines is 1. The van der Waals surface area contributed by atoms with Crippen molar-refractivity contribution in [1.29, 1.82) is 0 Å². The zero-order valence-electron chi connectivity index (χ0n) is 9.79.